The molecule has 0 radical (unpaired) electrons. The zero-order valence-electron chi connectivity index (χ0n) is 14.3. The molecule has 0 saturated carbocycles. The topological polar surface area (TPSA) is 79.9 Å². The standard InChI is InChI=1S/C16H25N3O4/c1-16(2,3)23-15(21)18-12-7-6-8-13(11-12)22-10-9-17-14(20)19(4)5/h6-8,11H,9-10H2,1-5H3,(H,17,20)(H,18,21). The molecule has 1 aromatic rings. The average molecular weight is 323 g/mol. The second-order valence-corrected chi connectivity index (χ2v) is 6.13. The Kier molecular flexibility index (Phi) is 6.68. The van der Waals surface area contributed by atoms with Crippen LogP contribution in [0.2, 0.25) is 0 Å². The van der Waals surface area contributed by atoms with E-state index in [1.54, 1.807) is 59.1 Å². The number of ether oxygens (including phenoxy) is 2. The fourth-order valence-electron chi connectivity index (χ4n) is 1.57. The van der Waals surface area contributed by atoms with Gasteiger partial charge in [-0.05, 0) is 32.9 Å². The van der Waals surface area contributed by atoms with Crippen LogP contribution >= 0.6 is 0 Å². The van der Waals surface area contributed by atoms with Crippen molar-refractivity contribution >= 4 is 17.8 Å². The summed E-state index contributed by atoms with van der Waals surface area (Å²) in [4.78, 5) is 24.5. The van der Waals surface area contributed by atoms with E-state index in [0.717, 1.165) is 0 Å². The fraction of sp³-hybridized carbons (Fsp3) is 0.500. The molecule has 0 unspecified atom stereocenters. The minimum absolute atomic E-state index is 0.172. The Bertz CT molecular complexity index is 538. The number of hydrogen-bond donors (Lipinski definition) is 2. The molecular weight excluding hydrogens is 298 g/mol. The Hall–Kier alpha value is -2.44. The van der Waals surface area contributed by atoms with Crippen LogP contribution in [-0.2, 0) is 4.74 Å². The summed E-state index contributed by atoms with van der Waals surface area (Å²) in [7, 11) is 3.34. The summed E-state index contributed by atoms with van der Waals surface area (Å²) in [5.74, 6) is 0.595. The van der Waals surface area contributed by atoms with E-state index >= 15 is 0 Å². The Morgan fingerprint density at radius 3 is 2.52 bits per heavy atom. The van der Waals surface area contributed by atoms with Crippen molar-refractivity contribution in [3.05, 3.63) is 24.3 Å². The number of urea groups is 1. The first-order valence-electron chi connectivity index (χ1n) is 7.35. The summed E-state index contributed by atoms with van der Waals surface area (Å²) >= 11 is 0. The van der Waals surface area contributed by atoms with Crippen LogP contribution in [0.3, 0.4) is 0 Å². The molecule has 7 heteroatoms. The SMILES string of the molecule is CN(C)C(=O)NCCOc1cccc(NC(=O)OC(C)(C)C)c1. The third kappa shape index (κ3) is 7.94. The summed E-state index contributed by atoms with van der Waals surface area (Å²) in [5.41, 5.74) is 0.0251. The van der Waals surface area contributed by atoms with Crippen LogP contribution < -0.4 is 15.4 Å². The average Bonchev–Trinajstić information content (AvgIpc) is 2.41. The predicted octanol–water partition coefficient (Wildman–Crippen LogP) is 2.68. The first kappa shape index (κ1) is 18.6. The lowest BCUT2D eigenvalue weighted by molar-refractivity contribution is 0.0636. The Morgan fingerprint density at radius 2 is 1.91 bits per heavy atom. The van der Waals surface area contributed by atoms with Gasteiger partial charge in [-0.3, -0.25) is 5.32 Å². The van der Waals surface area contributed by atoms with Gasteiger partial charge in [-0.1, -0.05) is 6.07 Å². The Balaban J connectivity index is 2.44. The van der Waals surface area contributed by atoms with Crippen molar-refractivity contribution in [2.24, 2.45) is 0 Å². The minimum Gasteiger partial charge on any atom is -0.492 e. The van der Waals surface area contributed by atoms with Crippen molar-refractivity contribution in [1.29, 1.82) is 0 Å². The number of amides is 3. The second kappa shape index (κ2) is 8.26. The molecule has 0 aliphatic carbocycles. The highest BCUT2D eigenvalue weighted by Crippen LogP contribution is 2.18. The van der Waals surface area contributed by atoms with Gasteiger partial charge in [0.1, 0.15) is 18.0 Å². The molecule has 0 aromatic heterocycles. The van der Waals surface area contributed by atoms with Gasteiger partial charge in [0.2, 0.25) is 0 Å². The maximum absolute atomic E-state index is 11.7. The fourth-order valence-corrected chi connectivity index (χ4v) is 1.57. The molecule has 0 fully saturated rings. The van der Waals surface area contributed by atoms with E-state index in [0.29, 0.717) is 24.6 Å². The van der Waals surface area contributed by atoms with Gasteiger partial charge in [0.15, 0.2) is 0 Å². The largest absolute Gasteiger partial charge is 0.492 e. The van der Waals surface area contributed by atoms with Crippen molar-refractivity contribution < 1.29 is 19.1 Å². The van der Waals surface area contributed by atoms with Crippen LogP contribution in [-0.4, -0.2) is 49.9 Å². The summed E-state index contributed by atoms with van der Waals surface area (Å²) in [6.07, 6.45) is -0.520. The number of carbonyl (C=O) groups is 2. The van der Waals surface area contributed by atoms with Crippen LogP contribution in [0.5, 0.6) is 5.75 Å². The monoisotopic (exact) mass is 323 g/mol. The van der Waals surface area contributed by atoms with Gasteiger partial charge in [-0.25, -0.2) is 9.59 Å². The molecule has 7 nitrogen and oxygen atoms in total. The molecule has 0 aliphatic heterocycles. The van der Waals surface area contributed by atoms with E-state index in [1.807, 2.05) is 0 Å². The van der Waals surface area contributed by atoms with Crippen LogP contribution in [0.15, 0.2) is 24.3 Å². The molecule has 2 N–H and O–H groups in total. The lowest BCUT2D eigenvalue weighted by atomic mass is 10.2. The normalized spacial score (nSPS) is 10.7. The van der Waals surface area contributed by atoms with Gasteiger partial charge in [0, 0.05) is 25.8 Å². The van der Waals surface area contributed by atoms with Crippen LogP contribution in [0.1, 0.15) is 20.8 Å². The molecule has 0 saturated heterocycles. The molecule has 1 aromatic carbocycles. The zero-order valence-corrected chi connectivity index (χ0v) is 14.3. The van der Waals surface area contributed by atoms with Crippen molar-refractivity contribution in [3.8, 4) is 5.75 Å². The van der Waals surface area contributed by atoms with Crippen molar-refractivity contribution in [3.63, 3.8) is 0 Å². The van der Waals surface area contributed by atoms with Crippen molar-refractivity contribution in [1.82, 2.24) is 10.2 Å². The maximum Gasteiger partial charge on any atom is 0.412 e. The number of hydrogen-bond acceptors (Lipinski definition) is 4. The van der Waals surface area contributed by atoms with Crippen molar-refractivity contribution in [2.45, 2.75) is 26.4 Å². The first-order valence-corrected chi connectivity index (χ1v) is 7.35. The smallest absolute Gasteiger partial charge is 0.412 e. The molecule has 128 valence electrons. The molecule has 0 atom stereocenters. The molecule has 23 heavy (non-hydrogen) atoms. The Morgan fingerprint density at radius 1 is 1.22 bits per heavy atom. The summed E-state index contributed by atoms with van der Waals surface area (Å²) < 4.78 is 10.7. The minimum atomic E-state index is -0.553. The molecule has 0 aliphatic rings. The molecule has 0 spiro atoms. The second-order valence-electron chi connectivity index (χ2n) is 6.13. The predicted molar refractivity (Wildman–Crippen MR) is 88.9 cm³/mol. The van der Waals surface area contributed by atoms with Crippen LogP contribution in [0.4, 0.5) is 15.3 Å². The number of benzene rings is 1. The Labute approximate surface area is 136 Å². The van der Waals surface area contributed by atoms with Gasteiger partial charge in [-0.15, -0.1) is 0 Å². The third-order valence-corrected chi connectivity index (χ3v) is 2.53. The van der Waals surface area contributed by atoms with E-state index in [2.05, 4.69) is 10.6 Å². The van der Waals surface area contributed by atoms with Gasteiger partial charge < -0.3 is 19.7 Å². The molecular formula is C16H25N3O4. The van der Waals surface area contributed by atoms with E-state index in [9.17, 15) is 9.59 Å². The van der Waals surface area contributed by atoms with Crippen LogP contribution in [0, 0.1) is 0 Å². The highest BCUT2D eigenvalue weighted by molar-refractivity contribution is 5.85. The molecule has 0 heterocycles. The lowest BCUT2D eigenvalue weighted by Gasteiger charge is -2.19. The molecule has 1 rings (SSSR count). The van der Waals surface area contributed by atoms with E-state index in [4.69, 9.17) is 9.47 Å². The zero-order chi connectivity index (χ0) is 17.5. The van der Waals surface area contributed by atoms with E-state index in [-0.39, 0.29) is 6.03 Å². The maximum atomic E-state index is 11.7. The molecule has 0 bridgehead atoms. The number of nitrogens with one attached hydrogen (secondary N) is 2. The number of nitrogens with zero attached hydrogens (tertiary/aromatic N) is 1. The van der Waals surface area contributed by atoms with Gasteiger partial charge in [-0.2, -0.15) is 0 Å². The third-order valence-electron chi connectivity index (χ3n) is 2.53. The first-order chi connectivity index (χ1) is 10.7. The summed E-state index contributed by atoms with van der Waals surface area (Å²) in [6.45, 7) is 6.12. The van der Waals surface area contributed by atoms with Gasteiger partial charge >= 0.3 is 12.1 Å². The number of carbonyl (C=O) groups excluding carboxylic acids is 2. The molecule has 3 amide bonds. The highest BCUT2D eigenvalue weighted by Gasteiger charge is 2.16. The number of rotatable bonds is 5. The summed E-state index contributed by atoms with van der Waals surface area (Å²) in [5, 5.41) is 5.34. The van der Waals surface area contributed by atoms with E-state index in [1.165, 1.54) is 4.90 Å². The van der Waals surface area contributed by atoms with Crippen molar-refractivity contribution in [2.75, 3.05) is 32.6 Å². The number of anilines is 1. The lowest BCUT2D eigenvalue weighted by Crippen LogP contribution is -2.36. The quantitative estimate of drug-likeness (QED) is 0.817. The van der Waals surface area contributed by atoms with Gasteiger partial charge in [0.25, 0.3) is 0 Å². The summed E-state index contributed by atoms with van der Waals surface area (Å²) in [6, 6.07) is 6.80. The van der Waals surface area contributed by atoms with Gasteiger partial charge in [0.05, 0.1) is 6.54 Å². The van der Waals surface area contributed by atoms with Crippen LogP contribution in [0.25, 0.3) is 0 Å². The highest BCUT2D eigenvalue weighted by atomic mass is 16.6. The van der Waals surface area contributed by atoms with E-state index < -0.39 is 11.7 Å².